The summed E-state index contributed by atoms with van der Waals surface area (Å²) < 4.78 is 27.8. The average molecular weight is 443 g/mol. The van der Waals surface area contributed by atoms with E-state index in [0.717, 1.165) is 29.2 Å². The van der Waals surface area contributed by atoms with E-state index in [1.165, 1.54) is 4.31 Å². The molecule has 5 nitrogen and oxygen atoms in total. The minimum Gasteiger partial charge on any atom is -0.322 e. The molecule has 160 valence electrons. The fourth-order valence-corrected chi connectivity index (χ4v) is 5.71. The first-order valence-electron chi connectivity index (χ1n) is 10.5. The molecule has 0 unspecified atom stereocenters. The minimum atomic E-state index is -3.63. The quantitative estimate of drug-likeness (QED) is 0.470. The van der Waals surface area contributed by atoms with Crippen molar-refractivity contribution in [2.45, 2.75) is 17.7 Å². The van der Waals surface area contributed by atoms with Gasteiger partial charge < -0.3 is 5.32 Å². The predicted molar refractivity (Wildman–Crippen MR) is 128 cm³/mol. The number of anilines is 2. The molecule has 1 aliphatic rings. The average Bonchev–Trinajstić information content (AvgIpc) is 2.83. The Hall–Kier alpha value is -3.64. The van der Waals surface area contributed by atoms with Gasteiger partial charge in [-0.3, -0.25) is 9.10 Å². The van der Waals surface area contributed by atoms with E-state index < -0.39 is 10.0 Å². The van der Waals surface area contributed by atoms with E-state index in [0.29, 0.717) is 23.5 Å². The predicted octanol–water partition coefficient (Wildman–Crippen LogP) is 5.23. The van der Waals surface area contributed by atoms with Crippen LogP contribution in [-0.4, -0.2) is 20.9 Å². The third-order valence-corrected chi connectivity index (χ3v) is 7.58. The van der Waals surface area contributed by atoms with Crippen LogP contribution in [0.1, 0.15) is 22.3 Å². The number of nitrogens with one attached hydrogen (secondary N) is 1. The maximum Gasteiger partial charge on any atom is 0.264 e. The lowest BCUT2D eigenvalue weighted by atomic mass is 10.0. The molecule has 1 aliphatic heterocycles. The van der Waals surface area contributed by atoms with Crippen molar-refractivity contribution >= 4 is 38.1 Å². The van der Waals surface area contributed by atoms with Gasteiger partial charge in [-0.2, -0.15) is 0 Å². The second-order valence-electron chi connectivity index (χ2n) is 7.85. The molecule has 0 fully saturated rings. The zero-order valence-corrected chi connectivity index (χ0v) is 18.2. The number of hydrogen-bond donors (Lipinski definition) is 1. The summed E-state index contributed by atoms with van der Waals surface area (Å²) in [5, 5.41) is 5.04. The zero-order chi connectivity index (χ0) is 22.1. The summed E-state index contributed by atoms with van der Waals surface area (Å²) in [5.41, 5.74) is 2.81. The van der Waals surface area contributed by atoms with Gasteiger partial charge >= 0.3 is 0 Å². The number of aryl methyl sites for hydroxylation is 1. The van der Waals surface area contributed by atoms with Gasteiger partial charge in [-0.25, -0.2) is 8.42 Å². The molecule has 32 heavy (non-hydrogen) atoms. The van der Waals surface area contributed by atoms with Gasteiger partial charge in [0, 0.05) is 17.8 Å². The Morgan fingerprint density at radius 1 is 0.812 bits per heavy atom. The summed E-state index contributed by atoms with van der Waals surface area (Å²) in [6.45, 7) is 0.438. The fourth-order valence-electron chi connectivity index (χ4n) is 4.14. The van der Waals surface area contributed by atoms with Gasteiger partial charge in [-0.05, 0) is 71.6 Å². The summed E-state index contributed by atoms with van der Waals surface area (Å²) in [6, 6.07) is 27.4. The van der Waals surface area contributed by atoms with E-state index in [2.05, 4.69) is 5.32 Å². The number of hydrogen-bond acceptors (Lipinski definition) is 3. The Bertz CT molecular complexity index is 1420. The van der Waals surface area contributed by atoms with Crippen molar-refractivity contribution < 1.29 is 13.2 Å². The van der Waals surface area contributed by atoms with Crippen LogP contribution in [-0.2, 0) is 16.4 Å². The zero-order valence-electron chi connectivity index (χ0n) is 17.4. The number of amides is 1. The second-order valence-corrected chi connectivity index (χ2v) is 9.72. The number of rotatable bonds is 4. The third kappa shape index (κ3) is 3.74. The molecule has 0 saturated heterocycles. The van der Waals surface area contributed by atoms with E-state index in [9.17, 15) is 13.2 Å². The number of carbonyl (C=O) groups is 1. The van der Waals surface area contributed by atoms with Gasteiger partial charge in [0.1, 0.15) is 0 Å². The van der Waals surface area contributed by atoms with Gasteiger partial charge in [0.25, 0.3) is 15.9 Å². The van der Waals surface area contributed by atoms with Gasteiger partial charge in [0.2, 0.25) is 0 Å². The van der Waals surface area contributed by atoms with Crippen LogP contribution in [0.5, 0.6) is 0 Å². The fraction of sp³-hybridized carbons (Fsp3) is 0.115. The summed E-state index contributed by atoms with van der Waals surface area (Å²) in [5.74, 6) is -0.194. The highest BCUT2D eigenvalue weighted by molar-refractivity contribution is 7.92. The molecule has 0 aliphatic carbocycles. The highest BCUT2D eigenvalue weighted by Gasteiger charge is 2.29. The van der Waals surface area contributed by atoms with E-state index in [-0.39, 0.29) is 10.8 Å². The smallest absolute Gasteiger partial charge is 0.264 e. The van der Waals surface area contributed by atoms with Gasteiger partial charge in [-0.1, -0.05) is 48.5 Å². The minimum absolute atomic E-state index is 0.194. The Kier molecular flexibility index (Phi) is 5.15. The van der Waals surface area contributed by atoms with Crippen LogP contribution in [0, 0.1) is 0 Å². The number of carbonyl (C=O) groups excluding carboxylic acids is 1. The highest BCUT2D eigenvalue weighted by atomic mass is 32.2. The molecule has 0 radical (unpaired) electrons. The van der Waals surface area contributed by atoms with Crippen molar-refractivity contribution in [2.75, 3.05) is 16.2 Å². The lowest BCUT2D eigenvalue weighted by molar-refractivity contribution is 0.102. The van der Waals surface area contributed by atoms with Crippen LogP contribution in [0.3, 0.4) is 0 Å². The molecule has 1 heterocycles. The molecule has 4 aromatic carbocycles. The lowest BCUT2D eigenvalue weighted by Gasteiger charge is -2.31. The molecule has 6 heteroatoms. The van der Waals surface area contributed by atoms with Crippen molar-refractivity contribution in [3.8, 4) is 0 Å². The second kappa shape index (κ2) is 8.13. The maximum atomic E-state index is 13.2. The molecule has 0 saturated carbocycles. The van der Waals surface area contributed by atoms with Crippen molar-refractivity contribution in [2.24, 2.45) is 0 Å². The molecular weight excluding hydrogens is 420 g/mol. The van der Waals surface area contributed by atoms with Crippen LogP contribution < -0.4 is 9.62 Å². The van der Waals surface area contributed by atoms with Gasteiger partial charge in [0.15, 0.2) is 0 Å². The molecule has 1 amide bonds. The van der Waals surface area contributed by atoms with Crippen LogP contribution in [0.2, 0.25) is 0 Å². The van der Waals surface area contributed by atoms with Crippen molar-refractivity contribution in [3.63, 3.8) is 0 Å². The van der Waals surface area contributed by atoms with E-state index in [4.69, 9.17) is 0 Å². The molecule has 4 aromatic rings. The Labute approximate surface area is 187 Å². The molecule has 0 atom stereocenters. The Morgan fingerprint density at radius 3 is 2.38 bits per heavy atom. The molecule has 0 spiro atoms. The summed E-state index contributed by atoms with van der Waals surface area (Å²) in [6.07, 6.45) is 1.48. The van der Waals surface area contributed by atoms with Crippen molar-refractivity contribution in [1.82, 2.24) is 0 Å². The van der Waals surface area contributed by atoms with Crippen molar-refractivity contribution in [1.29, 1.82) is 0 Å². The molecule has 5 rings (SSSR count). The number of sulfonamides is 1. The lowest BCUT2D eigenvalue weighted by Crippen LogP contribution is -2.35. The third-order valence-electron chi connectivity index (χ3n) is 5.76. The number of fused-ring (bicyclic) bond motifs is 2. The summed E-state index contributed by atoms with van der Waals surface area (Å²) in [7, 11) is -3.63. The van der Waals surface area contributed by atoms with Crippen molar-refractivity contribution in [3.05, 3.63) is 102 Å². The molecule has 0 aromatic heterocycles. The van der Waals surface area contributed by atoms with Crippen LogP contribution in [0.4, 0.5) is 11.4 Å². The van der Waals surface area contributed by atoms with Gasteiger partial charge in [-0.15, -0.1) is 0 Å². The number of nitrogens with zero attached hydrogens (tertiary/aromatic N) is 1. The normalized spacial score (nSPS) is 13.6. The molecular formula is C26H22N2O3S. The topological polar surface area (TPSA) is 66.5 Å². The Morgan fingerprint density at radius 2 is 1.56 bits per heavy atom. The van der Waals surface area contributed by atoms with Crippen LogP contribution in [0.15, 0.2) is 95.9 Å². The standard InChI is InChI=1S/C26H22N2O3S/c29-26(22-13-12-19-7-4-5-8-20(19)17-22)27-23-14-15-25-21(18-23)9-6-16-28(25)32(30,31)24-10-2-1-3-11-24/h1-5,7-8,10-15,17-18H,6,9,16H2,(H,27,29). The van der Waals surface area contributed by atoms with Gasteiger partial charge in [0.05, 0.1) is 10.6 Å². The van der Waals surface area contributed by atoms with E-state index >= 15 is 0 Å². The first-order chi connectivity index (χ1) is 15.5. The first kappa shape index (κ1) is 20.3. The SMILES string of the molecule is O=C(Nc1ccc2c(c1)CCCN2S(=O)(=O)c1ccccc1)c1ccc2ccccc2c1. The largest absolute Gasteiger partial charge is 0.322 e. The monoisotopic (exact) mass is 442 g/mol. The van der Waals surface area contributed by atoms with Crippen LogP contribution in [0.25, 0.3) is 10.8 Å². The van der Waals surface area contributed by atoms with Crippen LogP contribution >= 0.6 is 0 Å². The Balaban J connectivity index is 1.41. The van der Waals surface area contributed by atoms with E-state index in [1.54, 1.807) is 42.5 Å². The summed E-state index contributed by atoms with van der Waals surface area (Å²) in [4.78, 5) is 13.1. The summed E-state index contributed by atoms with van der Waals surface area (Å²) >= 11 is 0. The number of benzene rings is 4. The maximum absolute atomic E-state index is 13.2. The molecule has 1 N–H and O–H groups in total. The highest BCUT2D eigenvalue weighted by Crippen LogP contribution is 2.34. The van der Waals surface area contributed by atoms with E-state index in [1.807, 2.05) is 48.5 Å². The first-order valence-corrected chi connectivity index (χ1v) is 12.0. The molecule has 0 bridgehead atoms.